The van der Waals surface area contributed by atoms with E-state index in [1.165, 1.54) is 5.56 Å². The fourth-order valence-electron chi connectivity index (χ4n) is 2.45. The minimum absolute atomic E-state index is 0.0242. The smallest absolute Gasteiger partial charge is 0.126 e. The molecule has 0 bridgehead atoms. The van der Waals surface area contributed by atoms with Gasteiger partial charge in [0.15, 0.2) is 0 Å². The lowest BCUT2D eigenvalue weighted by Gasteiger charge is -2.14. The fraction of sp³-hybridized carbons (Fsp3) is 0.571. The summed E-state index contributed by atoms with van der Waals surface area (Å²) in [5.74, 6) is 1.15. The molecule has 2 heteroatoms. The van der Waals surface area contributed by atoms with Crippen molar-refractivity contribution in [3.05, 3.63) is 35.1 Å². The molecule has 2 rings (SSSR count). The Bertz CT molecular complexity index is 360. The maximum atomic E-state index is 13.5. The molecule has 0 aliphatic heterocycles. The molecular formula is C14H20FN. The third-order valence-electron chi connectivity index (χ3n) is 3.28. The van der Waals surface area contributed by atoms with Crippen LogP contribution in [0.3, 0.4) is 0 Å². The quantitative estimate of drug-likeness (QED) is 0.823. The van der Waals surface area contributed by atoms with E-state index in [0.29, 0.717) is 11.8 Å². The molecule has 1 aromatic carbocycles. The van der Waals surface area contributed by atoms with E-state index in [1.54, 1.807) is 6.07 Å². The molecule has 0 radical (unpaired) electrons. The molecule has 1 aliphatic rings. The third kappa shape index (κ3) is 2.43. The standard InChI is InChI=1S/C14H20FN/c1-10(2)8-16-9-11-6-7-13-12(11)4-3-5-14(13)15/h3-5,10-11,16H,6-9H2,1-2H3. The Balaban J connectivity index is 1.98. The summed E-state index contributed by atoms with van der Waals surface area (Å²) in [5, 5.41) is 3.46. The van der Waals surface area contributed by atoms with E-state index in [2.05, 4.69) is 25.2 Å². The predicted molar refractivity (Wildman–Crippen MR) is 65.2 cm³/mol. The molecule has 1 atom stereocenters. The van der Waals surface area contributed by atoms with Gasteiger partial charge in [-0.15, -0.1) is 0 Å². The monoisotopic (exact) mass is 221 g/mol. The van der Waals surface area contributed by atoms with Gasteiger partial charge >= 0.3 is 0 Å². The minimum atomic E-state index is -0.0242. The van der Waals surface area contributed by atoms with Crippen molar-refractivity contribution in [2.45, 2.75) is 32.6 Å². The lowest BCUT2D eigenvalue weighted by molar-refractivity contribution is 0.514. The molecule has 1 nitrogen and oxygen atoms in total. The van der Waals surface area contributed by atoms with Gasteiger partial charge in [0.05, 0.1) is 0 Å². The number of nitrogens with one attached hydrogen (secondary N) is 1. The lowest BCUT2D eigenvalue weighted by atomic mass is 10.0. The summed E-state index contributed by atoms with van der Waals surface area (Å²) < 4.78 is 13.5. The van der Waals surface area contributed by atoms with Gasteiger partial charge in [0.2, 0.25) is 0 Å². The van der Waals surface area contributed by atoms with Crippen molar-refractivity contribution in [2.75, 3.05) is 13.1 Å². The zero-order valence-corrected chi connectivity index (χ0v) is 10.1. The van der Waals surface area contributed by atoms with Crippen molar-refractivity contribution in [1.82, 2.24) is 5.32 Å². The molecule has 0 saturated heterocycles. The first-order valence-electron chi connectivity index (χ1n) is 6.16. The highest BCUT2D eigenvalue weighted by molar-refractivity contribution is 5.36. The molecule has 16 heavy (non-hydrogen) atoms. The van der Waals surface area contributed by atoms with E-state index >= 15 is 0 Å². The van der Waals surface area contributed by atoms with E-state index in [-0.39, 0.29) is 5.82 Å². The van der Waals surface area contributed by atoms with Crippen molar-refractivity contribution in [2.24, 2.45) is 5.92 Å². The summed E-state index contributed by atoms with van der Waals surface area (Å²) >= 11 is 0. The molecule has 0 aromatic heterocycles. The molecule has 1 unspecified atom stereocenters. The Morgan fingerprint density at radius 2 is 2.25 bits per heavy atom. The highest BCUT2D eigenvalue weighted by Crippen LogP contribution is 2.33. The molecule has 1 aromatic rings. The van der Waals surface area contributed by atoms with Gasteiger partial charge in [0.1, 0.15) is 5.82 Å². The van der Waals surface area contributed by atoms with Gasteiger partial charge in [-0.05, 0) is 48.4 Å². The summed E-state index contributed by atoms with van der Waals surface area (Å²) in [6, 6.07) is 5.48. The molecule has 0 saturated carbocycles. The van der Waals surface area contributed by atoms with Crippen LogP contribution < -0.4 is 5.32 Å². The highest BCUT2D eigenvalue weighted by Gasteiger charge is 2.24. The Hall–Kier alpha value is -0.890. The molecule has 0 amide bonds. The molecule has 1 aliphatic carbocycles. The largest absolute Gasteiger partial charge is 0.316 e. The van der Waals surface area contributed by atoms with Crippen molar-refractivity contribution >= 4 is 0 Å². The van der Waals surface area contributed by atoms with Crippen LogP contribution in [-0.2, 0) is 6.42 Å². The Kier molecular flexibility index (Phi) is 3.59. The van der Waals surface area contributed by atoms with Gasteiger partial charge in [-0.1, -0.05) is 26.0 Å². The van der Waals surface area contributed by atoms with Crippen LogP contribution in [0.1, 0.15) is 37.3 Å². The average Bonchev–Trinajstić information content (AvgIpc) is 2.63. The maximum absolute atomic E-state index is 13.5. The molecule has 88 valence electrons. The van der Waals surface area contributed by atoms with Crippen LogP contribution in [0.5, 0.6) is 0 Å². The van der Waals surface area contributed by atoms with Crippen LogP contribution in [0.2, 0.25) is 0 Å². The summed E-state index contributed by atoms with van der Waals surface area (Å²) in [4.78, 5) is 0. The van der Waals surface area contributed by atoms with Gasteiger partial charge in [-0.25, -0.2) is 4.39 Å². The molecule has 0 heterocycles. The SMILES string of the molecule is CC(C)CNCC1CCc2c(F)cccc21. The second kappa shape index (κ2) is 4.96. The number of hydrogen-bond acceptors (Lipinski definition) is 1. The van der Waals surface area contributed by atoms with E-state index in [0.717, 1.165) is 31.5 Å². The Labute approximate surface area is 97.1 Å². The Morgan fingerprint density at radius 1 is 1.44 bits per heavy atom. The van der Waals surface area contributed by atoms with Gasteiger partial charge in [-0.3, -0.25) is 0 Å². The molecular weight excluding hydrogens is 201 g/mol. The first kappa shape index (κ1) is 11.6. The van der Waals surface area contributed by atoms with Gasteiger partial charge in [-0.2, -0.15) is 0 Å². The minimum Gasteiger partial charge on any atom is -0.316 e. The number of hydrogen-bond donors (Lipinski definition) is 1. The van der Waals surface area contributed by atoms with Crippen LogP contribution in [0, 0.1) is 11.7 Å². The summed E-state index contributed by atoms with van der Waals surface area (Å²) in [5.41, 5.74) is 2.16. The van der Waals surface area contributed by atoms with E-state index in [1.807, 2.05) is 6.07 Å². The topological polar surface area (TPSA) is 12.0 Å². The number of fused-ring (bicyclic) bond motifs is 1. The first-order chi connectivity index (χ1) is 7.68. The second-order valence-electron chi connectivity index (χ2n) is 5.10. The lowest BCUT2D eigenvalue weighted by Crippen LogP contribution is -2.24. The van der Waals surface area contributed by atoms with Crippen molar-refractivity contribution in [3.63, 3.8) is 0 Å². The van der Waals surface area contributed by atoms with Gasteiger partial charge in [0, 0.05) is 6.54 Å². The zero-order chi connectivity index (χ0) is 11.5. The number of rotatable bonds is 4. The van der Waals surface area contributed by atoms with Crippen LogP contribution >= 0.6 is 0 Å². The maximum Gasteiger partial charge on any atom is 0.126 e. The molecule has 0 fully saturated rings. The van der Waals surface area contributed by atoms with Gasteiger partial charge in [0.25, 0.3) is 0 Å². The van der Waals surface area contributed by atoms with Crippen molar-refractivity contribution in [1.29, 1.82) is 0 Å². The van der Waals surface area contributed by atoms with E-state index in [4.69, 9.17) is 0 Å². The van der Waals surface area contributed by atoms with Gasteiger partial charge < -0.3 is 5.32 Å². The summed E-state index contributed by atoms with van der Waals surface area (Å²) in [6.07, 6.45) is 1.98. The Morgan fingerprint density at radius 3 is 3.00 bits per heavy atom. The normalized spacial score (nSPS) is 19.1. The van der Waals surface area contributed by atoms with E-state index < -0.39 is 0 Å². The van der Waals surface area contributed by atoms with Crippen molar-refractivity contribution in [3.8, 4) is 0 Å². The predicted octanol–water partition coefficient (Wildman–Crippen LogP) is 3.10. The third-order valence-corrected chi connectivity index (χ3v) is 3.28. The average molecular weight is 221 g/mol. The van der Waals surface area contributed by atoms with Crippen LogP contribution in [-0.4, -0.2) is 13.1 Å². The molecule has 0 spiro atoms. The second-order valence-corrected chi connectivity index (χ2v) is 5.10. The highest BCUT2D eigenvalue weighted by atomic mass is 19.1. The molecule has 1 N–H and O–H groups in total. The first-order valence-corrected chi connectivity index (χ1v) is 6.16. The van der Waals surface area contributed by atoms with Crippen molar-refractivity contribution < 1.29 is 4.39 Å². The van der Waals surface area contributed by atoms with Crippen LogP contribution in [0.25, 0.3) is 0 Å². The number of halogens is 1. The number of benzene rings is 1. The fourth-order valence-corrected chi connectivity index (χ4v) is 2.45. The zero-order valence-electron chi connectivity index (χ0n) is 10.1. The van der Waals surface area contributed by atoms with E-state index in [9.17, 15) is 4.39 Å². The van der Waals surface area contributed by atoms with Crippen LogP contribution in [0.4, 0.5) is 4.39 Å². The summed E-state index contributed by atoms with van der Waals surface area (Å²) in [6.45, 7) is 6.43. The summed E-state index contributed by atoms with van der Waals surface area (Å²) in [7, 11) is 0. The van der Waals surface area contributed by atoms with Crippen LogP contribution in [0.15, 0.2) is 18.2 Å².